The van der Waals surface area contributed by atoms with E-state index in [9.17, 15) is 9.59 Å². The van der Waals surface area contributed by atoms with E-state index in [1.165, 1.54) is 18.4 Å². The van der Waals surface area contributed by atoms with Gasteiger partial charge in [0.05, 0.1) is 0 Å². The van der Waals surface area contributed by atoms with Gasteiger partial charge in [-0.25, -0.2) is 0 Å². The number of carbonyl (C=O) groups is 2. The highest BCUT2D eigenvalue weighted by molar-refractivity contribution is 5.99. The second-order valence-corrected chi connectivity index (χ2v) is 6.59. The number of aryl methyl sites for hydroxylation is 2. The summed E-state index contributed by atoms with van der Waals surface area (Å²) in [5, 5.41) is 9.85. The van der Waals surface area contributed by atoms with Crippen LogP contribution in [0.2, 0.25) is 0 Å². The smallest absolute Gasteiger partial charge is 0.303 e. The molecule has 1 N–H and O–H groups in total. The van der Waals surface area contributed by atoms with Crippen molar-refractivity contribution >= 4 is 22.7 Å². The molecule has 4 nitrogen and oxygen atoms in total. The van der Waals surface area contributed by atoms with Gasteiger partial charge in [0.2, 0.25) is 0 Å². The number of aliphatic carboxylic acids is 1. The van der Waals surface area contributed by atoms with Crippen molar-refractivity contribution in [3.63, 3.8) is 0 Å². The van der Waals surface area contributed by atoms with Crippen LogP contribution in [0.5, 0.6) is 0 Å². The molecule has 4 heteroatoms. The molecule has 1 aromatic carbocycles. The number of benzene rings is 1. The molecule has 1 heterocycles. The van der Waals surface area contributed by atoms with E-state index in [4.69, 9.17) is 9.52 Å². The Morgan fingerprint density at radius 3 is 2.83 bits per heavy atom. The van der Waals surface area contributed by atoms with Crippen LogP contribution in [0, 0.1) is 5.92 Å². The summed E-state index contributed by atoms with van der Waals surface area (Å²) < 4.78 is 5.94. The van der Waals surface area contributed by atoms with Crippen LogP contribution in [0.1, 0.15) is 60.7 Å². The highest BCUT2D eigenvalue weighted by Gasteiger charge is 2.19. The predicted octanol–water partition coefficient (Wildman–Crippen LogP) is 4.39. The molecule has 3 rings (SSSR count). The molecule has 0 spiro atoms. The summed E-state index contributed by atoms with van der Waals surface area (Å²) in [6, 6.07) is 5.72. The Morgan fingerprint density at radius 2 is 2.04 bits per heavy atom. The van der Waals surface area contributed by atoms with E-state index >= 15 is 0 Å². The van der Waals surface area contributed by atoms with Crippen molar-refractivity contribution in [3.05, 3.63) is 35.1 Å². The summed E-state index contributed by atoms with van der Waals surface area (Å²) >= 11 is 0. The highest BCUT2D eigenvalue weighted by atomic mass is 16.4. The lowest BCUT2D eigenvalue weighted by Gasteiger charge is -2.09. The minimum Gasteiger partial charge on any atom is -0.481 e. The van der Waals surface area contributed by atoms with Gasteiger partial charge in [0.25, 0.3) is 0 Å². The van der Waals surface area contributed by atoms with Crippen LogP contribution in [0.4, 0.5) is 0 Å². The number of carboxylic acids is 1. The summed E-state index contributed by atoms with van der Waals surface area (Å²) in [5.41, 5.74) is 2.77. The number of ketones is 1. The second kappa shape index (κ2) is 6.57. The Kier molecular flexibility index (Phi) is 4.51. The molecule has 23 heavy (non-hydrogen) atoms. The maximum Gasteiger partial charge on any atom is 0.303 e. The molecule has 1 aliphatic carbocycles. The SMILES string of the molecule is CC(CCC(=O)O)CC(=O)c1ccc2c3c(oc2c1)CCCC3. The van der Waals surface area contributed by atoms with Gasteiger partial charge in [0.15, 0.2) is 5.78 Å². The number of carbonyl (C=O) groups excluding carboxylic acids is 1. The quantitative estimate of drug-likeness (QED) is 0.803. The van der Waals surface area contributed by atoms with E-state index in [0.717, 1.165) is 29.6 Å². The molecule has 1 unspecified atom stereocenters. The molecule has 1 aromatic heterocycles. The summed E-state index contributed by atoms with van der Waals surface area (Å²) in [7, 11) is 0. The van der Waals surface area contributed by atoms with Crippen molar-refractivity contribution in [2.24, 2.45) is 5.92 Å². The van der Waals surface area contributed by atoms with Gasteiger partial charge < -0.3 is 9.52 Å². The van der Waals surface area contributed by atoms with Crippen LogP contribution in [0.25, 0.3) is 11.0 Å². The zero-order valence-corrected chi connectivity index (χ0v) is 13.4. The van der Waals surface area contributed by atoms with E-state index in [2.05, 4.69) is 0 Å². The lowest BCUT2D eigenvalue weighted by atomic mass is 9.93. The third-order valence-corrected chi connectivity index (χ3v) is 4.66. The number of hydrogen-bond donors (Lipinski definition) is 1. The molecular weight excluding hydrogens is 292 g/mol. The molecule has 0 fully saturated rings. The van der Waals surface area contributed by atoms with E-state index in [-0.39, 0.29) is 18.1 Å². The van der Waals surface area contributed by atoms with E-state index in [0.29, 0.717) is 18.4 Å². The maximum atomic E-state index is 12.4. The van der Waals surface area contributed by atoms with Crippen LogP contribution in [-0.4, -0.2) is 16.9 Å². The normalized spacial score (nSPS) is 15.3. The standard InChI is InChI=1S/C19H22O4/c1-12(6-9-19(21)22)10-16(20)13-7-8-15-14-4-2-3-5-17(14)23-18(15)11-13/h7-8,11-12H,2-6,9-10H2,1H3,(H,21,22). The summed E-state index contributed by atoms with van der Waals surface area (Å²) in [6.45, 7) is 1.92. The topological polar surface area (TPSA) is 67.5 Å². The average Bonchev–Trinajstić information content (AvgIpc) is 2.90. The van der Waals surface area contributed by atoms with Crippen LogP contribution >= 0.6 is 0 Å². The molecular formula is C19H22O4. The van der Waals surface area contributed by atoms with Crippen molar-refractivity contribution in [1.29, 1.82) is 0 Å². The fourth-order valence-electron chi connectivity index (χ4n) is 3.34. The number of Topliss-reactive ketones (excluding diaryl/α,β-unsaturated/α-hetero) is 1. The van der Waals surface area contributed by atoms with Crippen molar-refractivity contribution in [2.45, 2.75) is 51.9 Å². The Balaban J connectivity index is 1.75. The Labute approximate surface area is 135 Å². The molecule has 1 atom stereocenters. The largest absolute Gasteiger partial charge is 0.481 e. The molecule has 0 radical (unpaired) electrons. The zero-order valence-electron chi connectivity index (χ0n) is 13.4. The number of hydrogen-bond acceptors (Lipinski definition) is 3. The molecule has 0 aliphatic heterocycles. The minimum atomic E-state index is -0.813. The Hall–Kier alpha value is -2.10. The minimum absolute atomic E-state index is 0.0548. The van der Waals surface area contributed by atoms with E-state index in [1.807, 2.05) is 25.1 Å². The third kappa shape index (κ3) is 3.46. The lowest BCUT2D eigenvalue weighted by Crippen LogP contribution is -2.08. The van der Waals surface area contributed by atoms with E-state index < -0.39 is 5.97 Å². The number of carboxylic acid groups (broad SMARTS) is 1. The van der Waals surface area contributed by atoms with Crippen molar-refractivity contribution in [2.75, 3.05) is 0 Å². The highest BCUT2D eigenvalue weighted by Crippen LogP contribution is 2.32. The summed E-state index contributed by atoms with van der Waals surface area (Å²) in [4.78, 5) is 23.0. The van der Waals surface area contributed by atoms with Crippen LogP contribution < -0.4 is 0 Å². The average molecular weight is 314 g/mol. The molecule has 0 saturated carbocycles. The van der Waals surface area contributed by atoms with Gasteiger partial charge in [0.1, 0.15) is 11.3 Å². The predicted molar refractivity (Wildman–Crippen MR) is 87.8 cm³/mol. The first-order chi connectivity index (χ1) is 11.0. The van der Waals surface area contributed by atoms with Gasteiger partial charge >= 0.3 is 5.97 Å². The van der Waals surface area contributed by atoms with Gasteiger partial charge in [-0.1, -0.05) is 19.1 Å². The Bertz CT molecular complexity index is 741. The second-order valence-electron chi connectivity index (χ2n) is 6.59. The summed E-state index contributed by atoms with van der Waals surface area (Å²) in [5.74, 6) is 0.385. The first-order valence-electron chi connectivity index (χ1n) is 8.34. The van der Waals surface area contributed by atoms with Crippen LogP contribution in [-0.2, 0) is 17.6 Å². The van der Waals surface area contributed by atoms with Gasteiger partial charge in [-0.2, -0.15) is 0 Å². The van der Waals surface area contributed by atoms with E-state index in [1.54, 1.807) is 0 Å². The monoisotopic (exact) mass is 314 g/mol. The fraction of sp³-hybridized carbons (Fsp3) is 0.474. The van der Waals surface area contributed by atoms with Crippen molar-refractivity contribution < 1.29 is 19.1 Å². The molecule has 0 saturated heterocycles. The first-order valence-corrected chi connectivity index (χ1v) is 8.34. The molecule has 0 bridgehead atoms. The molecule has 2 aromatic rings. The Morgan fingerprint density at radius 1 is 1.26 bits per heavy atom. The van der Waals surface area contributed by atoms with Crippen molar-refractivity contribution in [3.8, 4) is 0 Å². The lowest BCUT2D eigenvalue weighted by molar-refractivity contribution is -0.137. The van der Waals surface area contributed by atoms with Gasteiger partial charge in [-0.3, -0.25) is 9.59 Å². The molecule has 1 aliphatic rings. The maximum absolute atomic E-state index is 12.4. The number of furan rings is 1. The van der Waals surface area contributed by atoms with Gasteiger partial charge in [-0.15, -0.1) is 0 Å². The number of fused-ring (bicyclic) bond motifs is 3. The first kappa shape index (κ1) is 15.8. The van der Waals surface area contributed by atoms with Gasteiger partial charge in [0, 0.05) is 35.8 Å². The fourth-order valence-corrected chi connectivity index (χ4v) is 3.34. The third-order valence-electron chi connectivity index (χ3n) is 4.66. The molecule has 122 valence electrons. The summed E-state index contributed by atoms with van der Waals surface area (Å²) in [6.07, 6.45) is 5.42. The van der Waals surface area contributed by atoms with Gasteiger partial charge in [-0.05, 0) is 37.7 Å². The van der Waals surface area contributed by atoms with Crippen molar-refractivity contribution in [1.82, 2.24) is 0 Å². The van der Waals surface area contributed by atoms with Crippen LogP contribution in [0.15, 0.2) is 22.6 Å². The van der Waals surface area contributed by atoms with Crippen LogP contribution in [0.3, 0.4) is 0 Å². The number of rotatable bonds is 6. The molecule has 0 amide bonds. The zero-order chi connectivity index (χ0) is 16.4.